The van der Waals surface area contributed by atoms with Crippen molar-refractivity contribution in [1.29, 1.82) is 0 Å². The Morgan fingerprint density at radius 2 is 1.90 bits per heavy atom. The zero-order valence-corrected chi connectivity index (χ0v) is 12.4. The minimum absolute atomic E-state index is 0.623. The molecule has 0 unspecified atom stereocenters. The molecule has 4 heteroatoms. The van der Waals surface area contributed by atoms with Gasteiger partial charge in [-0.3, -0.25) is 0 Å². The van der Waals surface area contributed by atoms with Crippen molar-refractivity contribution in [2.24, 2.45) is 0 Å². The van der Waals surface area contributed by atoms with Crippen LogP contribution in [0.25, 0.3) is 0 Å². The Bertz CT molecular complexity index is 549. The highest BCUT2D eigenvalue weighted by molar-refractivity contribution is 5.60. The normalized spacial score (nSPS) is 10.3. The third kappa shape index (κ3) is 3.70. The summed E-state index contributed by atoms with van der Waals surface area (Å²) in [6.45, 7) is 4.21. The molecule has 1 aromatic heterocycles. The minimum atomic E-state index is 0.623. The van der Waals surface area contributed by atoms with E-state index in [1.54, 1.807) is 0 Å². The van der Waals surface area contributed by atoms with Crippen LogP contribution in [-0.2, 0) is 6.42 Å². The molecule has 0 saturated carbocycles. The van der Waals surface area contributed by atoms with E-state index >= 15 is 0 Å². The van der Waals surface area contributed by atoms with Crippen LogP contribution in [0.3, 0.4) is 0 Å². The lowest BCUT2D eigenvalue weighted by molar-refractivity contribution is 0.795. The fourth-order valence-corrected chi connectivity index (χ4v) is 1.96. The summed E-state index contributed by atoms with van der Waals surface area (Å²) in [5, 5.41) is 6.29. The highest BCUT2D eigenvalue weighted by Gasteiger charge is 2.03. The number of unbranched alkanes of at least 4 members (excludes halogenated alkanes) is 1. The quantitative estimate of drug-likeness (QED) is 0.835. The first-order valence-corrected chi connectivity index (χ1v) is 7.10. The molecule has 0 aliphatic rings. The Morgan fingerprint density at radius 1 is 1.15 bits per heavy atom. The Kier molecular flexibility index (Phi) is 4.93. The molecule has 1 aromatic carbocycles. The van der Waals surface area contributed by atoms with Gasteiger partial charge in [0.2, 0.25) is 5.95 Å². The van der Waals surface area contributed by atoms with Gasteiger partial charge in [-0.2, -0.15) is 4.98 Å². The van der Waals surface area contributed by atoms with Crippen LogP contribution in [0.2, 0.25) is 0 Å². The standard InChI is InChI=1S/C16H22N4/c1-4-5-6-13-7-9-14(10-8-13)19-15-12(2)11-18-16(17-3)20-15/h7-11H,4-6H2,1-3H3,(H2,17,18,19,20). The van der Waals surface area contributed by atoms with Crippen molar-refractivity contribution in [2.75, 3.05) is 17.7 Å². The summed E-state index contributed by atoms with van der Waals surface area (Å²) in [6.07, 6.45) is 5.43. The third-order valence-electron chi connectivity index (χ3n) is 3.23. The molecule has 0 bridgehead atoms. The lowest BCUT2D eigenvalue weighted by atomic mass is 10.1. The van der Waals surface area contributed by atoms with Gasteiger partial charge in [0.1, 0.15) is 5.82 Å². The largest absolute Gasteiger partial charge is 0.357 e. The molecule has 0 spiro atoms. The number of benzene rings is 1. The van der Waals surface area contributed by atoms with Gasteiger partial charge in [0.25, 0.3) is 0 Å². The summed E-state index contributed by atoms with van der Waals surface area (Å²) in [4.78, 5) is 8.61. The van der Waals surface area contributed by atoms with Crippen LogP contribution in [0, 0.1) is 6.92 Å². The first-order chi connectivity index (χ1) is 9.72. The van der Waals surface area contributed by atoms with Gasteiger partial charge < -0.3 is 10.6 Å². The van der Waals surface area contributed by atoms with Gasteiger partial charge in [-0.25, -0.2) is 4.98 Å². The van der Waals surface area contributed by atoms with E-state index in [1.165, 1.54) is 18.4 Å². The highest BCUT2D eigenvalue weighted by atomic mass is 15.1. The fraction of sp³-hybridized carbons (Fsp3) is 0.375. The minimum Gasteiger partial charge on any atom is -0.357 e. The molecule has 0 radical (unpaired) electrons. The number of nitrogens with one attached hydrogen (secondary N) is 2. The predicted molar refractivity (Wildman–Crippen MR) is 84.7 cm³/mol. The molecule has 0 atom stereocenters. The summed E-state index contributed by atoms with van der Waals surface area (Å²) in [5.41, 5.74) is 3.46. The van der Waals surface area contributed by atoms with Crippen LogP contribution in [0.1, 0.15) is 30.9 Å². The SMILES string of the molecule is CCCCc1ccc(Nc2nc(NC)ncc2C)cc1. The monoisotopic (exact) mass is 270 g/mol. The molecule has 0 aliphatic heterocycles. The summed E-state index contributed by atoms with van der Waals surface area (Å²) in [7, 11) is 1.82. The van der Waals surface area contributed by atoms with Gasteiger partial charge >= 0.3 is 0 Å². The van der Waals surface area contributed by atoms with Crippen molar-refractivity contribution in [3.05, 3.63) is 41.6 Å². The van der Waals surface area contributed by atoms with E-state index in [9.17, 15) is 0 Å². The molecule has 2 aromatic rings. The van der Waals surface area contributed by atoms with Crippen molar-refractivity contribution in [1.82, 2.24) is 9.97 Å². The predicted octanol–water partition coefficient (Wildman–Crippen LogP) is 3.91. The van der Waals surface area contributed by atoms with E-state index < -0.39 is 0 Å². The molecule has 0 amide bonds. The number of anilines is 3. The Hall–Kier alpha value is -2.10. The van der Waals surface area contributed by atoms with Crippen LogP contribution in [-0.4, -0.2) is 17.0 Å². The van der Waals surface area contributed by atoms with Crippen LogP contribution in [0.15, 0.2) is 30.5 Å². The molecule has 0 fully saturated rings. The smallest absolute Gasteiger partial charge is 0.224 e. The molecule has 0 aliphatic carbocycles. The van der Waals surface area contributed by atoms with Gasteiger partial charge in [0.15, 0.2) is 0 Å². The second-order valence-electron chi connectivity index (χ2n) is 4.90. The molecular weight excluding hydrogens is 248 g/mol. The molecule has 0 saturated heterocycles. The van der Waals surface area contributed by atoms with Crippen molar-refractivity contribution in [2.45, 2.75) is 33.1 Å². The molecule has 106 valence electrons. The van der Waals surface area contributed by atoms with Crippen molar-refractivity contribution in [3.63, 3.8) is 0 Å². The highest BCUT2D eigenvalue weighted by Crippen LogP contribution is 2.19. The second kappa shape index (κ2) is 6.89. The third-order valence-corrected chi connectivity index (χ3v) is 3.23. The van der Waals surface area contributed by atoms with Crippen LogP contribution in [0.4, 0.5) is 17.5 Å². The molecular formula is C16H22N4. The molecule has 1 heterocycles. The van der Waals surface area contributed by atoms with Gasteiger partial charge in [-0.05, 0) is 37.5 Å². The van der Waals surface area contributed by atoms with Crippen LogP contribution in [0.5, 0.6) is 0 Å². The van der Waals surface area contributed by atoms with E-state index in [0.717, 1.165) is 23.5 Å². The first kappa shape index (κ1) is 14.3. The number of aryl methyl sites for hydroxylation is 2. The average Bonchev–Trinajstić information content (AvgIpc) is 2.49. The maximum absolute atomic E-state index is 4.42. The Balaban J connectivity index is 2.09. The zero-order valence-electron chi connectivity index (χ0n) is 12.4. The molecule has 2 N–H and O–H groups in total. The number of hydrogen-bond acceptors (Lipinski definition) is 4. The lowest BCUT2D eigenvalue weighted by Crippen LogP contribution is -2.02. The van der Waals surface area contributed by atoms with Gasteiger partial charge in [0.05, 0.1) is 0 Å². The molecule has 2 rings (SSSR count). The van der Waals surface area contributed by atoms with Crippen molar-refractivity contribution >= 4 is 17.5 Å². The summed E-state index contributed by atoms with van der Waals surface area (Å²) < 4.78 is 0. The number of aromatic nitrogens is 2. The van der Waals surface area contributed by atoms with Crippen molar-refractivity contribution < 1.29 is 0 Å². The zero-order chi connectivity index (χ0) is 14.4. The Labute approximate surface area is 120 Å². The summed E-state index contributed by atoms with van der Waals surface area (Å²) in [6, 6.07) is 8.55. The van der Waals surface area contributed by atoms with E-state index in [2.05, 4.69) is 51.8 Å². The fourth-order valence-electron chi connectivity index (χ4n) is 1.96. The van der Waals surface area contributed by atoms with Gasteiger partial charge in [0, 0.05) is 24.5 Å². The Morgan fingerprint density at radius 3 is 2.55 bits per heavy atom. The summed E-state index contributed by atoms with van der Waals surface area (Å²) in [5.74, 6) is 1.46. The summed E-state index contributed by atoms with van der Waals surface area (Å²) >= 11 is 0. The molecule has 20 heavy (non-hydrogen) atoms. The molecule has 4 nitrogen and oxygen atoms in total. The second-order valence-corrected chi connectivity index (χ2v) is 4.90. The number of nitrogens with zero attached hydrogens (tertiary/aromatic N) is 2. The van der Waals surface area contributed by atoms with Crippen molar-refractivity contribution in [3.8, 4) is 0 Å². The van der Waals surface area contributed by atoms with Crippen LogP contribution >= 0.6 is 0 Å². The average molecular weight is 270 g/mol. The van der Waals surface area contributed by atoms with E-state index in [0.29, 0.717) is 5.95 Å². The van der Waals surface area contributed by atoms with Gasteiger partial charge in [-0.15, -0.1) is 0 Å². The van der Waals surface area contributed by atoms with E-state index in [1.807, 2.05) is 20.2 Å². The lowest BCUT2D eigenvalue weighted by Gasteiger charge is -2.10. The van der Waals surface area contributed by atoms with E-state index in [-0.39, 0.29) is 0 Å². The number of hydrogen-bond donors (Lipinski definition) is 2. The van der Waals surface area contributed by atoms with E-state index in [4.69, 9.17) is 0 Å². The topological polar surface area (TPSA) is 49.8 Å². The first-order valence-electron chi connectivity index (χ1n) is 7.10. The number of rotatable bonds is 6. The van der Waals surface area contributed by atoms with Gasteiger partial charge in [-0.1, -0.05) is 25.5 Å². The van der Waals surface area contributed by atoms with Crippen LogP contribution < -0.4 is 10.6 Å². The maximum Gasteiger partial charge on any atom is 0.224 e. The maximum atomic E-state index is 4.42.